The number of fused-ring (bicyclic) bond motifs is 3. The molecule has 0 bridgehead atoms. The predicted octanol–water partition coefficient (Wildman–Crippen LogP) is 1.74. The summed E-state index contributed by atoms with van der Waals surface area (Å²) in [5.74, 6) is -2.47. The summed E-state index contributed by atoms with van der Waals surface area (Å²) in [6, 6.07) is 16.0. The van der Waals surface area contributed by atoms with E-state index >= 15 is 0 Å². The van der Waals surface area contributed by atoms with Crippen LogP contribution in [0.4, 0.5) is 0 Å². The third-order valence-corrected chi connectivity index (χ3v) is 4.72. The number of esters is 3. The van der Waals surface area contributed by atoms with Crippen LogP contribution >= 0.6 is 0 Å². The smallest absolute Gasteiger partial charge is 0.327 e. The highest BCUT2D eigenvalue weighted by Crippen LogP contribution is 2.44. The average Bonchev–Trinajstić information content (AvgIpc) is 3.03. The molecule has 0 unspecified atom stereocenters. The quantitative estimate of drug-likeness (QED) is 0.378. The lowest BCUT2D eigenvalue weighted by atomic mass is 9.98. The van der Waals surface area contributed by atoms with Gasteiger partial charge in [0, 0.05) is 5.92 Å². The fraction of sp³-hybridized carbons (Fsp3) is 0.318. The van der Waals surface area contributed by atoms with E-state index in [2.05, 4.69) is 10.1 Å². The van der Waals surface area contributed by atoms with Gasteiger partial charge in [0.15, 0.2) is 0 Å². The maximum atomic E-state index is 12.1. The van der Waals surface area contributed by atoms with Gasteiger partial charge in [-0.15, -0.1) is 0 Å². The minimum absolute atomic E-state index is 0.0873. The standard InChI is InChI=1S/C22H24N2O5/c23-10-5-11-24-13-22(27)29-21(26)12-20(25)28-14-19-17-8-3-1-6-15(17)16-7-2-4-9-18(16)19/h1-4,6-9,19,24H,5,10-14,23H2. The monoisotopic (exact) mass is 396 g/mol. The molecule has 0 radical (unpaired) electrons. The van der Waals surface area contributed by atoms with Crippen LogP contribution in [-0.2, 0) is 23.9 Å². The van der Waals surface area contributed by atoms with E-state index in [1.807, 2.05) is 48.5 Å². The molecule has 3 N–H and O–H groups in total. The molecular formula is C22H24N2O5. The van der Waals surface area contributed by atoms with Gasteiger partial charge < -0.3 is 20.5 Å². The molecule has 7 heteroatoms. The summed E-state index contributed by atoms with van der Waals surface area (Å²) in [6.07, 6.45) is 0.103. The van der Waals surface area contributed by atoms with E-state index in [9.17, 15) is 14.4 Å². The van der Waals surface area contributed by atoms with Crippen molar-refractivity contribution in [1.29, 1.82) is 0 Å². The summed E-state index contributed by atoms with van der Waals surface area (Å²) < 4.78 is 9.94. The maximum Gasteiger partial charge on any atom is 0.327 e. The van der Waals surface area contributed by atoms with E-state index < -0.39 is 24.3 Å². The van der Waals surface area contributed by atoms with Gasteiger partial charge in [0.1, 0.15) is 13.0 Å². The highest BCUT2D eigenvalue weighted by atomic mass is 16.6. The van der Waals surface area contributed by atoms with Crippen molar-refractivity contribution in [2.45, 2.75) is 18.8 Å². The molecule has 0 saturated heterocycles. The Bertz CT molecular complexity index is 851. The molecule has 0 spiro atoms. The zero-order valence-electron chi connectivity index (χ0n) is 16.1. The minimum atomic E-state index is -0.923. The van der Waals surface area contributed by atoms with Crippen molar-refractivity contribution in [2.75, 3.05) is 26.2 Å². The highest BCUT2D eigenvalue weighted by molar-refractivity contribution is 5.96. The lowest BCUT2D eigenvalue weighted by molar-refractivity contribution is -0.162. The number of carbonyl (C=O) groups is 3. The SMILES string of the molecule is NCCCNCC(=O)OC(=O)CC(=O)OCC1c2ccccc2-c2ccccc21. The summed E-state index contributed by atoms with van der Waals surface area (Å²) in [5.41, 5.74) is 9.76. The second-order valence-electron chi connectivity index (χ2n) is 6.75. The summed E-state index contributed by atoms with van der Waals surface area (Å²) in [4.78, 5) is 35.4. The topological polar surface area (TPSA) is 108 Å². The molecular weight excluding hydrogens is 372 g/mol. The van der Waals surface area contributed by atoms with Crippen molar-refractivity contribution >= 4 is 17.9 Å². The van der Waals surface area contributed by atoms with Crippen LogP contribution in [0.5, 0.6) is 0 Å². The number of benzene rings is 2. The molecule has 29 heavy (non-hydrogen) atoms. The minimum Gasteiger partial charge on any atom is -0.464 e. The van der Waals surface area contributed by atoms with Gasteiger partial charge in [-0.3, -0.25) is 14.4 Å². The van der Waals surface area contributed by atoms with Crippen molar-refractivity contribution in [2.24, 2.45) is 5.73 Å². The van der Waals surface area contributed by atoms with Crippen LogP contribution in [0.2, 0.25) is 0 Å². The fourth-order valence-corrected chi connectivity index (χ4v) is 3.40. The van der Waals surface area contributed by atoms with Crippen LogP contribution in [0.25, 0.3) is 11.1 Å². The molecule has 3 rings (SSSR count). The molecule has 0 atom stereocenters. The fourth-order valence-electron chi connectivity index (χ4n) is 3.40. The van der Waals surface area contributed by atoms with Gasteiger partial charge in [-0.05, 0) is 41.8 Å². The molecule has 0 aliphatic heterocycles. The van der Waals surface area contributed by atoms with Crippen LogP contribution in [0.3, 0.4) is 0 Å². The lowest BCUT2D eigenvalue weighted by Gasteiger charge is -2.14. The number of nitrogens with one attached hydrogen (secondary N) is 1. The third-order valence-electron chi connectivity index (χ3n) is 4.72. The van der Waals surface area contributed by atoms with Crippen molar-refractivity contribution in [3.63, 3.8) is 0 Å². The molecule has 0 heterocycles. The first-order valence-electron chi connectivity index (χ1n) is 9.58. The van der Waals surface area contributed by atoms with Gasteiger partial charge in [0.05, 0.1) is 6.54 Å². The highest BCUT2D eigenvalue weighted by Gasteiger charge is 2.29. The van der Waals surface area contributed by atoms with Crippen LogP contribution in [0.15, 0.2) is 48.5 Å². The van der Waals surface area contributed by atoms with Crippen LogP contribution in [0.1, 0.15) is 29.9 Å². The molecule has 0 aromatic heterocycles. The molecule has 0 amide bonds. The first kappa shape index (κ1) is 20.7. The first-order chi connectivity index (χ1) is 14.1. The zero-order chi connectivity index (χ0) is 20.6. The number of ether oxygens (including phenoxy) is 2. The third kappa shape index (κ3) is 5.28. The normalized spacial score (nSPS) is 12.2. The molecule has 1 aliphatic carbocycles. The Kier molecular flexibility index (Phi) is 7.10. The number of hydrogen-bond donors (Lipinski definition) is 2. The van der Waals surface area contributed by atoms with Gasteiger partial charge in [-0.1, -0.05) is 48.5 Å². The Morgan fingerprint density at radius 3 is 2.14 bits per heavy atom. The molecule has 1 aliphatic rings. The molecule has 0 fully saturated rings. The second kappa shape index (κ2) is 9.95. The van der Waals surface area contributed by atoms with E-state index in [1.54, 1.807) is 0 Å². The Morgan fingerprint density at radius 1 is 0.897 bits per heavy atom. The Balaban J connectivity index is 1.50. The van der Waals surface area contributed by atoms with Gasteiger partial charge in [0.25, 0.3) is 0 Å². The van der Waals surface area contributed by atoms with Crippen molar-refractivity contribution < 1.29 is 23.9 Å². The maximum absolute atomic E-state index is 12.1. The van der Waals surface area contributed by atoms with E-state index in [-0.39, 0.29) is 19.1 Å². The Hall–Kier alpha value is -3.03. The van der Waals surface area contributed by atoms with Crippen molar-refractivity contribution in [1.82, 2.24) is 5.32 Å². The Morgan fingerprint density at radius 2 is 1.52 bits per heavy atom. The zero-order valence-corrected chi connectivity index (χ0v) is 16.1. The number of nitrogens with two attached hydrogens (primary N) is 1. The van der Waals surface area contributed by atoms with E-state index in [0.717, 1.165) is 22.3 Å². The average molecular weight is 396 g/mol. The number of rotatable bonds is 9. The number of carbonyl (C=O) groups excluding carboxylic acids is 3. The van der Waals surface area contributed by atoms with E-state index in [1.165, 1.54) is 0 Å². The van der Waals surface area contributed by atoms with Gasteiger partial charge in [-0.2, -0.15) is 0 Å². The van der Waals surface area contributed by atoms with Gasteiger partial charge >= 0.3 is 17.9 Å². The molecule has 152 valence electrons. The van der Waals surface area contributed by atoms with E-state index in [0.29, 0.717) is 19.5 Å². The van der Waals surface area contributed by atoms with Gasteiger partial charge in [0.2, 0.25) is 0 Å². The van der Waals surface area contributed by atoms with Crippen molar-refractivity contribution in [3.8, 4) is 11.1 Å². The molecule has 2 aromatic carbocycles. The summed E-state index contributed by atoms with van der Waals surface area (Å²) >= 11 is 0. The van der Waals surface area contributed by atoms with Crippen LogP contribution in [0, 0.1) is 0 Å². The second-order valence-corrected chi connectivity index (χ2v) is 6.75. The largest absolute Gasteiger partial charge is 0.464 e. The number of hydrogen-bond acceptors (Lipinski definition) is 7. The predicted molar refractivity (Wildman–Crippen MR) is 107 cm³/mol. The van der Waals surface area contributed by atoms with Gasteiger partial charge in [-0.25, -0.2) is 0 Å². The molecule has 7 nitrogen and oxygen atoms in total. The van der Waals surface area contributed by atoms with E-state index in [4.69, 9.17) is 10.5 Å². The summed E-state index contributed by atoms with van der Waals surface area (Å²) in [5, 5.41) is 2.80. The molecule has 2 aromatic rings. The van der Waals surface area contributed by atoms with Crippen molar-refractivity contribution in [3.05, 3.63) is 59.7 Å². The van der Waals surface area contributed by atoms with Crippen LogP contribution in [-0.4, -0.2) is 44.1 Å². The lowest BCUT2D eigenvalue weighted by Crippen LogP contribution is -2.29. The first-order valence-corrected chi connectivity index (χ1v) is 9.58. The molecule has 0 saturated carbocycles. The Labute approximate surface area is 169 Å². The summed E-state index contributed by atoms with van der Waals surface area (Å²) in [6.45, 7) is 1.06. The van der Waals surface area contributed by atoms with Crippen LogP contribution < -0.4 is 11.1 Å². The summed E-state index contributed by atoms with van der Waals surface area (Å²) in [7, 11) is 0.